The second kappa shape index (κ2) is 4.31. The third-order valence-electron chi connectivity index (χ3n) is 2.67. The van der Waals surface area contributed by atoms with Gasteiger partial charge in [0.25, 0.3) is 0 Å². The molecule has 3 aromatic rings. The molecular formula is C13H5BrFIO2. The van der Waals surface area contributed by atoms with Crippen molar-refractivity contribution in [3.63, 3.8) is 0 Å². The topological polar surface area (TPSA) is 30.2 Å². The van der Waals surface area contributed by atoms with E-state index in [0.717, 1.165) is 3.57 Å². The van der Waals surface area contributed by atoms with Gasteiger partial charge in [-0.15, -0.1) is 0 Å². The van der Waals surface area contributed by atoms with Crippen LogP contribution in [0.4, 0.5) is 4.39 Å². The molecule has 3 rings (SSSR count). The lowest BCUT2D eigenvalue weighted by Gasteiger charge is -2.03. The zero-order valence-electron chi connectivity index (χ0n) is 8.84. The molecule has 0 aliphatic rings. The number of fused-ring (bicyclic) bond motifs is 2. The minimum Gasteiger partial charge on any atom is -0.456 e. The first-order valence-corrected chi connectivity index (χ1v) is 6.94. The van der Waals surface area contributed by atoms with Crippen molar-refractivity contribution in [1.29, 1.82) is 0 Å². The summed E-state index contributed by atoms with van der Waals surface area (Å²) in [5, 5.41) is 0.723. The van der Waals surface area contributed by atoms with Gasteiger partial charge in [0.2, 0.25) is 5.43 Å². The predicted octanol–water partition coefficient (Wildman–Crippen LogP) is 4.45. The molecule has 2 aromatic carbocycles. The summed E-state index contributed by atoms with van der Waals surface area (Å²) in [5.41, 5.74) is 0.671. The molecule has 0 aliphatic heterocycles. The van der Waals surface area contributed by atoms with Gasteiger partial charge in [-0.1, -0.05) is 0 Å². The molecule has 0 saturated heterocycles. The lowest BCUT2D eigenvalue weighted by Crippen LogP contribution is -2.03. The number of benzene rings is 2. The van der Waals surface area contributed by atoms with E-state index in [-0.39, 0.29) is 15.3 Å². The van der Waals surface area contributed by atoms with Gasteiger partial charge in [-0.05, 0) is 68.9 Å². The Balaban J connectivity index is 2.57. The molecule has 0 unspecified atom stereocenters. The Morgan fingerprint density at radius 3 is 2.61 bits per heavy atom. The standard InChI is InChI=1S/C13H5BrFIO2/c14-9-5-12-8(4-10(9)15)13(17)7-3-6(16)1-2-11(7)18-12/h1-5H. The molecule has 0 spiro atoms. The average Bonchev–Trinajstić information content (AvgIpc) is 2.33. The van der Waals surface area contributed by atoms with Crippen molar-refractivity contribution in [2.45, 2.75) is 0 Å². The summed E-state index contributed by atoms with van der Waals surface area (Å²) in [6.45, 7) is 0. The van der Waals surface area contributed by atoms with Gasteiger partial charge in [-0.3, -0.25) is 4.79 Å². The molecule has 5 heteroatoms. The van der Waals surface area contributed by atoms with E-state index in [0.29, 0.717) is 16.6 Å². The molecule has 0 radical (unpaired) electrons. The summed E-state index contributed by atoms with van der Waals surface area (Å²) in [6.07, 6.45) is 0. The Morgan fingerprint density at radius 1 is 1.11 bits per heavy atom. The van der Waals surface area contributed by atoms with Gasteiger partial charge in [-0.2, -0.15) is 0 Å². The quantitative estimate of drug-likeness (QED) is 0.398. The van der Waals surface area contributed by atoms with Crippen LogP contribution in [0.2, 0.25) is 0 Å². The molecule has 1 heterocycles. The smallest absolute Gasteiger partial charge is 0.200 e. The summed E-state index contributed by atoms with van der Waals surface area (Å²) in [7, 11) is 0. The van der Waals surface area contributed by atoms with E-state index in [2.05, 4.69) is 38.5 Å². The van der Waals surface area contributed by atoms with Crippen LogP contribution in [-0.2, 0) is 0 Å². The van der Waals surface area contributed by atoms with Gasteiger partial charge in [0, 0.05) is 3.57 Å². The van der Waals surface area contributed by atoms with Crippen LogP contribution in [0, 0.1) is 9.39 Å². The summed E-state index contributed by atoms with van der Waals surface area (Å²) in [4.78, 5) is 12.3. The van der Waals surface area contributed by atoms with Crippen molar-refractivity contribution in [1.82, 2.24) is 0 Å². The Bertz CT molecular complexity index is 842. The molecule has 0 fully saturated rings. The molecule has 0 saturated carbocycles. The third kappa shape index (κ3) is 1.85. The highest BCUT2D eigenvalue weighted by molar-refractivity contribution is 14.1. The molecule has 0 amide bonds. The van der Waals surface area contributed by atoms with E-state index in [4.69, 9.17) is 4.42 Å². The molecule has 0 N–H and O–H groups in total. The van der Waals surface area contributed by atoms with Crippen molar-refractivity contribution in [3.05, 3.63) is 54.4 Å². The van der Waals surface area contributed by atoms with E-state index in [1.54, 1.807) is 12.1 Å². The lowest BCUT2D eigenvalue weighted by atomic mass is 10.1. The van der Waals surface area contributed by atoms with Gasteiger partial charge in [0.1, 0.15) is 17.0 Å². The van der Waals surface area contributed by atoms with E-state index in [1.165, 1.54) is 12.1 Å². The first-order chi connectivity index (χ1) is 8.56. The fraction of sp³-hybridized carbons (Fsp3) is 0. The van der Waals surface area contributed by atoms with Gasteiger partial charge < -0.3 is 4.42 Å². The van der Waals surface area contributed by atoms with Crippen molar-refractivity contribution in [2.75, 3.05) is 0 Å². The molecule has 2 nitrogen and oxygen atoms in total. The monoisotopic (exact) mass is 418 g/mol. The lowest BCUT2D eigenvalue weighted by molar-refractivity contribution is 0.617. The van der Waals surface area contributed by atoms with Crippen LogP contribution >= 0.6 is 38.5 Å². The van der Waals surface area contributed by atoms with Gasteiger partial charge in [-0.25, -0.2) is 4.39 Å². The molecule has 0 atom stereocenters. The zero-order valence-corrected chi connectivity index (χ0v) is 12.6. The fourth-order valence-corrected chi connectivity index (χ4v) is 2.64. The van der Waals surface area contributed by atoms with Gasteiger partial charge in [0.15, 0.2) is 0 Å². The van der Waals surface area contributed by atoms with Crippen LogP contribution in [0.3, 0.4) is 0 Å². The maximum absolute atomic E-state index is 13.5. The van der Waals surface area contributed by atoms with Crippen molar-refractivity contribution < 1.29 is 8.81 Å². The predicted molar refractivity (Wildman–Crippen MR) is 80.4 cm³/mol. The highest BCUT2D eigenvalue weighted by atomic mass is 127. The van der Waals surface area contributed by atoms with Crippen LogP contribution in [-0.4, -0.2) is 0 Å². The highest BCUT2D eigenvalue weighted by Gasteiger charge is 2.11. The Labute approximate surface area is 123 Å². The van der Waals surface area contributed by atoms with Crippen LogP contribution < -0.4 is 5.43 Å². The summed E-state index contributed by atoms with van der Waals surface area (Å²) < 4.78 is 20.3. The van der Waals surface area contributed by atoms with Crippen LogP contribution in [0.1, 0.15) is 0 Å². The molecule has 0 aliphatic carbocycles. The van der Waals surface area contributed by atoms with Crippen molar-refractivity contribution >= 4 is 60.5 Å². The molecule has 0 bridgehead atoms. The third-order valence-corrected chi connectivity index (χ3v) is 3.95. The normalized spacial score (nSPS) is 11.3. The number of hydrogen-bond donors (Lipinski definition) is 0. The second-order valence-electron chi connectivity index (χ2n) is 3.83. The van der Waals surface area contributed by atoms with Crippen LogP contribution in [0.15, 0.2) is 44.0 Å². The highest BCUT2D eigenvalue weighted by Crippen LogP contribution is 2.25. The van der Waals surface area contributed by atoms with Crippen LogP contribution in [0.5, 0.6) is 0 Å². The SMILES string of the molecule is O=c1c2cc(I)ccc2oc2cc(Br)c(F)cc12. The second-order valence-corrected chi connectivity index (χ2v) is 5.93. The van der Waals surface area contributed by atoms with Crippen molar-refractivity contribution in [2.24, 2.45) is 0 Å². The minimum absolute atomic E-state index is 0.212. The Kier molecular flexibility index (Phi) is 2.90. The number of rotatable bonds is 0. The van der Waals surface area contributed by atoms with E-state index >= 15 is 0 Å². The number of halogens is 3. The first-order valence-electron chi connectivity index (χ1n) is 5.07. The maximum atomic E-state index is 13.5. The van der Waals surface area contributed by atoms with Crippen molar-refractivity contribution in [3.8, 4) is 0 Å². The molecule has 18 heavy (non-hydrogen) atoms. The maximum Gasteiger partial charge on any atom is 0.200 e. The summed E-state index contributed by atoms with van der Waals surface area (Å²) >= 11 is 5.20. The van der Waals surface area contributed by atoms with Gasteiger partial charge >= 0.3 is 0 Å². The summed E-state index contributed by atoms with van der Waals surface area (Å²) in [5.74, 6) is -0.472. The Hall–Kier alpha value is -0.950. The summed E-state index contributed by atoms with van der Waals surface area (Å²) in [6, 6.07) is 8.01. The minimum atomic E-state index is -0.472. The van der Waals surface area contributed by atoms with E-state index < -0.39 is 5.82 Å². The molecular weight excluding hydrogens is 414 g/mol. The molecule has 1 aromatic heterocycles. The van der Waals surface area contributed by atoms with Crippen LogP contribution in [0.25, 0.3) is 21.9 Å². The van der Waals surface area contributed by atoms with E-state index in [1.807, 2.05) is 6.07 Å². The largest absolute Gasteiger partial charge is 0.456 e. The van der Waals surface area contributed by atoms with E-state index in [9.17, 15) is 9.18 Å². The molecule has 90 valence electrons. The zero-order chi connectivity index (χ0) is 12.9. The van der Waals surface area contributed by atoms with Gasteiger partial charge in [0.05, 0.1) is 15.2 Å². The number of hydrogen-bond acceptors (Lipinski definition) is 2. The Morgan fingerprint density at radius 2 is 1.83 bits per heavy atom. The average molecular weight is 419 g/mol. The first kappa shape index (κ1) is 12.1. The fourth-order valence-electron chi connectivity index (χ4n) is 1.82.